The molecule has 1 aromatic carbocycles. The van der Waals surface area contributed by atoms with Crippen LogP contribution in [0.25, 0.3) is 0 Å². The van der Waals surface area contributed by atoms with E-state index in [0.717, 1.165) is 11.3 Å². The number of amides is 1. The molecule has 8 nitrogen and oxygen atoms in total. The Morgan fingerprint density at radius 1 is 1.20 bits per heavy atom. The van der Waals surface area contributed by atoms with E-state index in [9.17, 15) is 14.0 Å². The molecule has 0 aliphatic carbocycles. The van der Waals surface area contributed by atoms with Crippen molar-refractivity contribution < 1.29 is 9.18 Å². The lowest BCUT2D eigenvalue weighted by Crippen LogP contribution is -2.33. The maximum Gasteiger partial charge on any atom is 0.348 e. The molecule has 0 fully saturated rings. The standard InChI is InChI=1S/C20H19FN6O2S/c1-13-17(18(22)28)30-20(25(13)11-16-4-2-3-9-23-16)26-12-24-27(19(26)29)10-14-5-7-15(21)8-6-14/h2-9,12,20H,10-11H2,1H3,(H2,22,28). The van der Waals surface area contributed by atoms with Crippen molar-refractivity contribution in [2.24, 2.45) is 5.73 Å². The molecule has 154 valence electrons. The third kappa shape index (κ3) is 3.86. The highest BCUT2D eigenvalue weighted by Crippen LogP contribution is 2.44. The number of carbonyl (C=O) groups excluding carboxylic acids is 1. The van der Waals surface area contributed by atoms with Crippen molar-refractivity contribution in [1.29, 1.82) is 0 Å². The zero-order valence-corrected chi connectivity index (χ0v) is 16.9. The van der Waals surface area contributed by atoms with Crippen LogP contribution in [-0.4, -0.2) is 30.1 Å². The van der Waals surface area contributed by atoms with Crippen LogP contribution in [-0.2, 0) is 17.9 Å². The van der Waals surface area contributed by atoms with Crippen LogP contribution in [0.3, 0.4) is 0 Å². The highest BCUT2D eigenvalue weighted by Gasteiger charge is 2.35. The average Bonchev–Trinajstić information content (AvgIpc) is 3.25. The topological polar surface area (TPSA) is 99.0 Å². The van der Waals surface area contributed by atoms with Gasteiger partial charge < -0.3 is 10.6 Å². The van der Waals surface area contributed by atoms with E-state index in [0.29, 0.717) is 17.1 Å². The quantitative estimate of drug-likeness (QED) is 0.648. The lowest BCUT2D eigenvalue weighted by molar-refractivity contribution is -0.114. The molecule has 1 aliphatic heterocycles. The summed E-state index contributed by atoms with van der Waals surface area (Å²) >= 11 is 1.21. The number of carbonyl (C=O) groups is 1. The minimum absolute atomic E-state index is 0.207. The van der Waals surface area contributed by atoms with Crippen LogP contribution >= 0.6 is 11.8 Å². The number of nitrogens with zero attached hydrogens (tertiary/aromatic N) is 5. The van der Waals surface area contributed by atoms with Crippen molar-refractivity contribution in [2.75, 3.05) is 0 Å². The summed E-state index contributed by atoms with van der Waals surface area (Å²) in [5, 5.41) is 4.20. The van der Waals surface area contributed by atoms with Crippen molar-refractivity contribution in [2.45, 2.75) is 25.5 Å². The molecule has 3 aromatic rings. The van der Waals surface area contributed by atoms with E-state index in [4.69, 9.17) is 5.73 Å². The second kappa shape index (κ2) is 8.15. The zero-order chi connectivity index (χ0) is 21.3. The highest BCUT2D eigenvalue weighted by atomic mass is 32.2. The molecule has 0 bridgehead atoms. The van der Waals surface area contributed by atoms with Crippen molar-refractivity contribution in [3.8, 4) is 0 Å². The third-order valence-corrected chi connectivity index (χ3v) is 6.20. The number of halogens is 1. The summed E-state index contributed by atoms with van der Waals surface area (Å²) in [6.07, 6.45) is 3.13. The van der Waals surface area contributed by atoms with Crippen molar-refractivity contribution >= 4 is 17.7 Å². The Hall–Kier alpha value is -3.40. The van der Waals surface area contributed by atoms with Gasteiger partial charge in [-0.05, 0) is 36.8 Å². The van der Waals surface area contributed by atoms with Gasteiger partial charge in [0, 0.05) is 11.9 Å². The number of nitrogens with two attached hydrogens (primary N) is 1. The minimum Gasteiger partial charge on any atom is -0.365 e. The predicted molar refractivity (Wildman–Crippen MR) is 110 cm³/mol. The molecule has 0 radical (unpaired) electrons. The molecule has 1 unspecified atom stereocenters. The van der Waals surface area contributed by atoms with E-state index in [-0.39, 0.29) is 18.1 Å². The smallest absolute Gasteiger partial charge is 0.348 e. The Labute approximate surface area is 175 Å². The van der Waals surface area contributed by atoms with Crippen LogP contribution < -0.4 is 11.4 Å². The fraction of sp³-hybridized carbons (Fsp3) is 0.200. The Morgan fingerprint density at radius 3 is 2.63 bits per heavy atom. The number of benzene rings is 1. The van der Waals surface area contributed by atoms with Gasteiger partial charge in [0.2, 0.25) is 0 Å². The first-order chi connectivity index (χ1) is 14.4. The predicted octanol–water partition coefficient (Wildman–Crippen LogP) is 2.05. The summed E-state index contributed by atoms with van der Waals surface area (Å²) in [7, 11) is 0. The monoisotopic (exact) mass is 426 g/mol. The number of pyridine rings is 1. The first-order valence-electron chi connectivity index (χ1n) is 9.16. The fourth-order valence-electron chi connectivity index (χ4n) is 3.23. The van der Waals surface area contributed by atoms with Gasteiger partial charge in [-0.15, -0.1) is 0 Å². The largest absolute Gasteiger partial charge is 0.365 e. The molecule has 1 atom stereocenters. The Morgan fingerprint density at radius 2 is 1.97 bits per heavy atom. The summed E-state index contributed by atoms with van der Waals surface area (Å²) in [5.41, 5.74) is 6.90. The van der Waals surface area contributed by atoms with Gasteiger partial charge in [0.25, 0.3) is 5.91 Å². The lowest BCUT2D eigenvalue weighted by Gasteiger charge is -2.27. The first-order valence-corrected chi connectivity index (χ1v) is 10.0. The van der Waals surface area contributed by atoms with Gasteiger partial charge in [-0.1, -0.05) is 30.0 Å². The molecule has 10 heteroatoms. The molecular formula is C20H19FN6O2S. The molecule has 4 rings (SSSR count). The number of thioether (sulfide) groups is 1. The number of hydrogen-bond donors (Lipinski definition) is 1. The number of rotatable bonds is 6. The summed E-state index contributed by atoms with van der Waals surface area (Å²) in [6.45, 7) is 2.40. The third-order valence-electron chi connectivity index (χ3n) is 4.77. The minimum atomic E-state index is -0.544. The molecule has 30 heavy (non-hydrogen) atoms. The number of primary amides is 1. The van der Waals surface area contributed by atoms with Crippen LogP contribution in [0.1, 0.15) is 23.7 Å². The lowest BCUT2D eigenvalue weighted by atomic mass is 10.2. The van der Waals surface area contributed by atoms with E-state index in [1.807, 2.05) is 23.1 Å². The van der Waals surface area contributed by atoms with E-state index in [2.05, 4.69) is 10.1 Å². The average molecular weight is 426 g/mol. The van der Waals surface area contributed by atoms with Gasteiger partial charge in [0.1, 0.15) is 12.1 Å². The Kier molecular flexibility index (Phi) is 5.40. The summed E-state index contributed by atoms with van der Waals surface area (Å²) in [6, 6.07) is 11.5. The summed E-state index contributed by atoms with van der Waals surface area (Å²) in [5.74, 6) is -0.887. The highest BCUT2D eigenvalue weighted by molar-refractivity contribution is 8.04. The van der Waals surface area contributed by atoms with Gasteiger partial charge in [-0.2, -0.15) is 5.10 Å². The second-order valence-corrected chi connectivity index (χ2v) is 7.84. The molecule has 1 amide bonds. The van der Waals surface area contributed by atoms with Crippen LogP contribution in [0.15, 0.2) is 70.4 Å². The number of hydrogen-bond acceptors (Lipinski definition) is 6. The molecule has 2 aromatic heterocycles. The van der Waals surface area contributed by atoms with E-state index < -0.39 is 11.4 Å². The van der Waals surface area contributed by atoms with E-state index in [1.54, 1.807) is 25.3 Å². The number of aromatic nitrogens is 4. The van der Waals surface area contributed by atoms with Gasteiger partial charge in [0.15, 0.2) is 5.50 Å². The van der Waals surface area contributed by atoms with Crippen LogP contribution in [0.2, 0.25) is 0 Å². The Balaban J connectivity index is 1.64. The normalized spacial score (nSPS) is 16.3. The Bertz CT molecular complexity index is 1160. The van der Waals surface area contributed by atoms with Crippen molar-refractivity contribution in [1.82, 2.24) is 24.2 Å². The van der Waals surface area contributed by atoms with Crippen LogP contribution in [0, 0.1) is 5.82 Å². The zero-order valence-electron chi connectivity index (χ0n) is 16.1. The van der Waals surface area contributed by atoms with Crippen LogP contribution in [0.5, 0.6) is 0 Å². The number of allylic oxidation sites excluding steroid dienone is 1. The molecule has 2 N–H and O–H groups in total. The van der Waals surface area contributed by atoms with Gasteiger partial charge in [-0.25, -0.2) is 13.9 Å². The molecule has 3 heterocycles. The van der Waals surface area contributed by atoms with Crippen LogP contribution in [0.4, 0.5) is 4.39 Å². The molecular weight excluding hydrogens is 407 g/mol. The second-order valence-electron chi connectivity index (χ2n) is 6.78. The molecule has 0 saturated carbocycles. The molecule has 0 saturated heterocycles. The van der Waals surface area contributed by atoms with Gasteiger partial charge in [-0.3, -0.25) is 14.3 Å². The summed E-state index contributed by atoms with van der Waals surface area (Å²) in [4.78, 5) is 31.6. The van der Waals surface area contributed by atoms with E-state index in [1.165, 1.54) is 39.5 Å². The SMILES string of the molecule is CC1=C(C(N)=O)SC(n2cnn(Cc3ccc(F)cc3)c2=O)N1Cc1ccccn1. The maximum absolute atomic E-state index is 13.1. The summed E-state index contributed by atoms with van der Waals surface area (Å²) < 4.78 is 15.9. The van der Waals surface area contributed by atoms with Crippen molar-refractivity contribution in [3.63, 3.8) is 0 Å². The fourth-order valence-corrected chi connectivity index (χ4v) is 4.46. The first kappa shape index (κ1) is 19.9. The van der Waals surface area contributed by atoms with E-state index >= 15 is 0 Å². The maximum atomic E-state index is 13.1. The van der Waals surface area contributed by atoms with Crippen molar-refractivity contribution in [3.05, 3.63) is 93.1 Å². The van der Waals surface area contributed by atoms with Gasteiger partial charge in [0.05, 0.1) is 23.7 Å². The molecule has 1 aliphatic rings. The van der Waals surface area contributed by atoms with Gasteiger partial charge >= 0.3 is 5.69 Å². The molecule has 0 spiro atoms.